The molecule has 0 saturated carbocycles. The van der Waals surface area contributed by atoms with Crippen LogP contribution >= 0.6 is 0 Å². The van der Waals surface area contributed by atoms with Crippen LogP contribution in [0.25, 0.3) is 0 Å². The van der Waals surface area contributed by atoms with Crippen LogP contribution in [0.5, 0.6) is 5.75 Å². The van der Waals surface area contributed by atoms with Crippen LogP contribution in [0, 0.1) is 0 Å². The summed E-state index contributed by atoms with van der Waals surface area (Å²) in [5.41, 5.74) is 5.45. The SMILES string of the molecule is C=CCNC(=O)c1ccc(OCC(N)=O)cc1. The maximum absolute atomic E-state index is 11.5. The van der Waals surface area contributed by atoms with Gasteiger partial charge < -0.3 is 15.8 Å². The largest absolute Gasteiger partial charge is 0.484 e. The predicted octanol–water partition coefficient (Wildman–Crippen LogP) is 0.466. The summed E-state index contributed by atoms with van der Waals surface area (Å²) in [6.45, 7) is 3.74. The highest BCUT2D eigenvalue weighted by molar-refractivity contribution is 5.94. The average molecular weight is 234 g/mol. The van der Waals surface area contributed by atoms with Crippen LogP contribution in [0.2, 0.25) is 0 Å². The lowest BCUT2D eigenvalue weighted by atomic mass is 10.2. The number of amides is 2. The Morgan fingerprint density at radius 2 is 2.00 bits per heavy atom. The minimum atomic E-state index is -0.544. The van der Waals surface area contributed by atoms with Crippen LogP contribution in [0.3, 0.4) is 0 Å². The quantitative estimate of drug-likeness (QED) is 0.702. The van der Waals surface area contributed by atoms with Gasteiger partial charge in [-0.1, -0.05) is 6.08 Å². The number of carbonyl (C=O) groups excluding carboxylic acids is 2. The summed E-state index contributed by atoms with van der Waals surface area (Å²) >= 11 is 0. The average Bonchev–Trinajstić information content (AvgIpc) is 2.34. The van der Waals surface area contributed by atoms with Crippen molar-refractivity contribution in [1.82, 2.24) is 5.32 Å². The Hall–Kier alpha value is -2.30. The van der Waals surface area contributed by atoms with Crippen molar-refractivity contribution in [1.29, 1.82) is 0 Å². The van der Waals surface area contributed by atoms with Crippen LogP contribution in [0.4, 0.5) is 0 Å². The third-order valence-electron chi connectivity index (χ3n) is 1.90. The van der Waals surface area contributed by atoms with E-state index in [0.29, 0.717) is 17.9 Å². The number of hydrogen-bond acceptors (Lipinski definition) is 3. The van der Waals surface area contributed by atoms with Gasteiger partial charge in [0.2, 0.25) is 0 Å². The zero-order valence-corrected chi connectivity index (χ0v) is 9.31. The minimum Gasteiger partial charge on any atom is -0.484 e. The summed E-state index contributed by atoms with van der Waals surface area (Å²) in [5.74, 6) is -0.242. The minimum absolute atomic E-state index is 0.179. The lowest BCUT2D eigenvalue weighted by molar-refractivity contribution is -0.119. The van der Waals surface area contributed by atoms with Crippen molar-refractivity contribution >= 4 is 11.8 Å². The Labute approximate surface area is 99.3 Å². The fourth-order valence-electron chi connectivity index (χ4n) is 1.12. The lowest BCUT2D eigenvalue weighted by Gasteiger charge is -2.05. The van der Waals surface area contributed by atoms with Crippen LogP contribution in [0.15, 0.2) is 36.9 Å². The van der Waals surface area contributed by atoms with E-state index >= 15 is 0 Å². The Bertz CT molecular complexity index is 412. The zero-order chi connectivity index (χ0) is 12.7. The molecule has 0 aromatic heterocycles. The molecule has 5 heteroatoms. The molecule has 0 heterocycles. The summed E-state index contributed by atoms with van der Waals surface area (Å²) in [7, 11) is 0. The third-order valence-corrected chi connectivity index (χ3v) is 1.90. The van der Waals surface area contributed by atoms with Gasteiger partial charge in [0, 0.05) is 12.1 Å². The van der Waals surface area contributed by atoms with Crippen molar-refractivity contribution in [3.63, 3.8) is 0 Å². The first-order valence-corrected chi connectivity index (χ1v) is 5.03. The van der Waals surface area contributed by atoms with Gasteiger partial charge in [0.05, 0.1) is 0 Å². The van der Waals surface area contributed by atoms with Gasteiger partial charge in [-0.3, -0.25) is 9.59 Å². The van der Waals surface area contributed by atoms with Gasteiger partial charge in [0.1, 0.15) is 5.75 Å². The van der Waals surface area contributed by atoms with E-state index in [1.54, 1.807) is 30.3 Å². The molecule has 0 atom stereocenters. The fourth-order valence-corrected chi connectivity index (χ4v) is 1.12. The molecule has 0 spiro atoms. The number of nitrogens with one attached hydrogen (secondary N) is 1. The molecule has 0 unspecified atom stereocenters. The van der Waals surface area contributed by atoms with E-state index in [4.69, 9.17) is 10.5 Å². The molecule has 17 heavy (non-hydrogen) atoms. The predicted molar refractivity (Wildman–Crippen MR) is 63.7 cm³/mol. The summed E-state index contributed by atoms with van der Waals surface area (Å²) in [5, 5.41) is 2.65. The monoisotopic (exact) mass is 234 g/mol. The number of benzene rings is 1. The van der Waals surface area contributed by atoms with Crippen molar-refractivity contribution in [2.24, 2.45) is 5.73 Å². The van der Waals surface area contributed by atoms with E-state index in [-0.39, 0.29) is 12.5 Å². The molecule has 5 nitrogen and oxygen atoms in total. The molecule has 2 amide bonds. The smallest absolute Gasteiger partial charge is 0.255 e. The summed E-state index contributed by atoms with van der Waals surface area (Å²) in [6, 6.07) is 6.42. The molecular weight excluding hydrogens is 220 g/mol. The van der Waals surface area contributed by atoms with Crippen LogP contribution in [0.1, 0.15) is 10.4 Å². The highest BCUT2D eigenvalue weighted by atomic mass is 16.5. The van der Waals surface area contributed by atoms with Gasteiger partial charge in [-0.25, -0.2) is 0 Å². The van der Waals surface area contributed by atoms with E-state index < -0.39 is 5.91 Å². The number of rotatable bonds is 6. The van der Waals surface area contributed by atoms with Crippen LogP contribution in [-0.2, 0) is 4.79 Å². The molecule has 0 saturated heterocycles. The highest BCUT2D eigenvalue weighted by Crippen LogP contribution is 2.11. The standard InChI is InChI=1S/C12H14N2O3/c1-2-7-14-12(16)9-3-5-10(6-4-9)17-8-11(13)15/h2-6H,1,7-8H2,(H2,13,15)(H,14,16). The molecule has 90 valence electrons. The van der Waals surface area contributed by atoms with Gasteiger partial charge in [-0.05, 0) is 24.3 Å². The highest BCUT2D eigenvalue weighted by Gasteiger charge is 2.04. The molecule has 3 N–H and O–H groups in total. The molecular formula is C12H14N2O3. The zero-order valence-electron chi connectivity index (χ0n) is 9.31. The van der Waals surface area contributed by atoms with E-state index in [1.165, 1.54) is 0 Å². The Morgan fingerprint density at radius 3 is 2.53 bits per heavy atom. The second-order valence-electron chi connectivity index (χ2n) is 3.28. The van der Waals surface area contributed by atoms with Crippen molar-refractivity contribution < 1.29 is 14.3 Å². The molecule has 0 aliphatic rings. The Kier molecular flexibility index (Phi) is 4.75. The van der Waals surface area contributed by atoms with Crippen LogP contribution in [-0.4, -0.2) is 25.0 Å². The maximum Gasteiger partial charge on any atom is 0.255 e. The first kappa shape index (κ1) is 12.8. The van der Waals surface area contributed by atoms with Gasteiger partial charge in [0.15, 0.2) is 6.61 Å². The molecule has 0 aliphatic heterocycles. The molecule has 0 bridgehead atoms. The molecule has 1 rings (SSSR count). The van der Waals surface area contributed by atoms with Crippen LogP contribution < -0.4 is 15.8 Å². The van der Waals surface area contributed by atoms with E-state index in [2.05, 4.69) is 11.9 Å². The fraction of sp³-hybridized carbons (Fsp3) is 0.167. The normalized spacial score (nSPS) is 9.41. The van der Waals surface area contributed by atoms with E-state index in [1.807, 2.05) is 0 Å². The summed E-state index contributed by atoms with van der Waals surface area (Å²) in [6.07, 6.45) is 1.60. The number of primary amides is 1. The maximum atomic E-state index is 11.5. The van der Waals surface area contributed by atoms with Crippen molar-refractivity contribution in [2.45, 2.75) is 0 Å². The number of ether oxygens (including phenoxy) is 1. The molecule has 0 radical (unpaired) electrons. The first-order chi connectivity index (χ1) is 8.13. The first-order valence-electron chi connectivity index (χ1n) is 5.03. The lowest BCUT2D eigenvalue weighted by Crippen LogP contribution is -2.23. The van der Waals surface area contributed by atoms with Crippen molar-refractivity contribution in [2.75, 3.05) is 13.2 Å². The molecule has 0 aliphatic carbocycles. The second-order valence-corrected chi connectivity index (χ2v) is 3.28. The Morgan fingerprint density at radius 1 is 1.35 bits per heavy atom. The van der Waals surface area contributed by atoms with Crippen molar-refractivity contribution in [3.8, 4) is 5.75 Å². The topological polar surface area (TPSA) is 81.4 Å². The molecule has 1 aromatic rings. The second kappa shape index (κ2) is 6.32. The molecule has 1 aromatic carbocycles. The number of hydrogen-bond donors (Lipinski definition) is 2. The van der Waals surface area contributed by atoms with Gasteiger partial charge in [-0.2, -0.15) is 0 Å². The number of carbonyl (C=O) groups is 2. The van der Waals surface area contributed by atoms with Gasteiger partial charge in [0.25, 0.3) is 11.8 Å². The summed E-state index contributed by atoms with van der Waals surface area (Å²) < 4.78 is 5.06. The molecule has 0 fully saturated rings. The van der Waals surface area contributed by atoms with Gasteiger partial charge in [-0.15, -0.1) is 6.58 Å². The van der Waals surface area contributed by atoms with E-state index in [9.17, 15) is 9.59 Å². The number of nitrogens with two attached hydrogens (primary N) is 1. The van der Waals surface area contributed by atoms with Crippen molar-refractivity contribution in [3.05, 3.63) is 42.5 Å². The van der Waals surface area contributed by atoms with Gasteiger partial charge >= 0.3 is 0 Å². The Balaban J connectivity index is 2.57. The third kappa shape index (κ3) is 4.38. The van der Waals surface area contributed by atoms with E-state index in [0.717, 1.165) is 0 Å². The summed E-state index contributed by atoms with van der Waals surface area (Å²) in [4.78, 5) is 22.0.